The number of hydrogen-bond acceptors (Lipinski definition) is 2. The fraction of sp³-hybridized carbons (Fsp3) is 0.667. The highest BCUT2D eigenvalue weighted by molar-refractivity contribution is 5.77. The Bertz CT molecular complexity index is 389. The summed E-state index contributed by atoms with van der Waals surface area (Å²) in [4.78, 5) is 10.8. The molecule has 0 aromatic carbocycles. The lowest BCUT2D eigenvalue weighted by Crippen LogP contribution is -2.35. The summed E-state index contributed by atoms with van der Waals surface area (Å²) in [6.45, 7) is 0.700. The number of imidazole rings is 1. The first-order valence-corrected chi connectivity index (χ1v) is 6.17. The second-order valence-electron chi connectivity index (χ2n) is 4.74. The van der Waals surface area contributed by atoms with Crippen molar-refractivity contribution in [2.24, 2.45) is 17.8 Å². The van der Waals surface area contributed by atoms with Gasteiger partial charge in [0.05, 0.1) is 12.6 Å². The van der Waals surface area contributed by atoms with Crippen LogP contribution in [0.5, 0.6) is 0 Å². The summed E-state index contributed by atoms with van der Waals surface area (Å²) in [5.74, 6) is 1.62. The second kappa shape index (κ2) is 5.21. The molecule has 1 heterocycles. The summed E-state index contributed by atoms with van der Waals surface area (Å²) in [7, 11) is 3.95. The number of aryl methyl sites for hydroxylation is 1. The number of aliphatic imine (C=N–C) groups is 1. The van der Waals surface area contributed by atoms with Gasteiger partial charge in [0.25, 0.3) is 0 Å². The van der Waals surface area contributed by atoms with E-state index in [0.29, 0.717) is 18.5 Å². The van der Waals surface area contributed by atoms with E-state index in [1.807, 2.05) is 29.8 Å². The van der Waals surface area contributed by atoms with Crippen molar-refractivity contribution in [3.05, 3.63) is 18.2 Å². The monoisotopic (exact) mass is 235 g/mol. The maximum absolute atomic E-state index is 6.00. The third-order valence-electron chi connectivity index (χ3n) is 3.33. The third-order valence-corrected chi connectivity index (χ3v) is 3.33. The van der Waals surface area contributed by atoms with Gasteiger partial charge in [0.2, 0.25) is 0 Å². The molecule has 94 valence electrons. The average Bonchev–Trinajstić information content (AvgIpc) is 2.91. The van der Waals surface area contributed by atoms with Gasteiger partial charge in [-0.3, -0.25) is 0 Å². The van der Waals surface area contributed by atoms with E-state index in [9.17, 15) is 0 Å². The van der Waals surface area contributed by atoms with Crippen molar-refractivity contribution in [1.29, 1.82) is 0 Å². The molecule has 1 fully saturated rings. The Morgan fingerprint density at radius 1 is 1.59 bits per heavy atom. The summed E-state index contributed by atoms with van der Waals surface area (Å²) in [5.41, 5.74) is 6.00. The molecule has 2 N–H and O–H groups in total. The maximum Gasteiger partial charge on any atom is 0.191 e. The van der Waals surface area contributed by atoms with Gasteiger partial charge in [-0.05, 0) is 12.8 Å². The molecular formula is C12H21N5. The van der Waals surface area contributed by atoms with E-state index in [-0.39, 0.29) is 0 Å². The predicted molar refractivity (Wildman–Crippen MR) is 68.6 cm³/mol. The Labute approximate surface area is 102 Å². The van der Waals surface area contributed by atoms with Crippen molar-refractivity contribution >= 4 is 5.96 Å². The molecular weight excluding hydrogens is 214 g/mol. The van der Waals surface area contributed by atoms with Crippen LogP contribution >= 0.6 is 0 Å². The lowest BCUT2D eigenvalue weighted by atomic mass is 10.3. The van der Waals surface area contributed by atoms with Crippen LogP contribution in [0.4, 0.5) is 0 Å². The molecule has 0 unspecified atom stereocenters. The Morgan fingerprint density at radius 2 is 2.29 bits per heavy atom. The Hall–Kier alpha value is -1.52. The highest BCUT2D eigenvalue weighted by atomic mass is 15.3. The molecule has 5 heteroatoms. The number of nitrogens with zero attached hydrogens (tertiary/aromatic N) is 4. The topological polar surface area (TPSA) is 59.4 Å². The molecule has 0 amide bonds. The van der Waals surface area contributed by atoms with Gasteiger partial charge in [-0.2, -0.15) is 0 Å². The maximum atomic E-state index is 6.00. The summed E-state index contributed by atoms with van der Waals surface area (Å²) >= 11 is 0. The summed E-state index contributed by atoms with van der Waals surface area (Å²) < 4.78 is 2.00. The molecule has 0 spiro atoms. The molecule has 1 aromatic heterocycles. The molecule has 17 heavy (non-hydrogen) atoms. The number of aromatic nitrogens is 2. The standard InChI is InChI=1S/C12H21N5/c1-16-8-7-14-11(16)9-17(2)12(13)15-10-5-3-4-6-10/h7-8,10H,3-6,9H2,1-2H3,(H2,13,15). The van der Waals surface area contributed by atoms with Gasteiger partial charge in [-0.15, -0.1) is 0 Å². The minimum atomic E-state index is 0.429. The van der Waals surface area contributed by atoms with Crippen LogP contribution in [-0.4, -0.2) is 33.5 Å². The number of guanidine groups is 1. The minimum Gasteiger partial charge on any atom is -0.370 e. The SMILES string of the molecule is CN(Cc1nccn1C)C(N)=NC1CCCC1. The quantitative estimate of drug-likeness (QED) is 0.630. The normalized spacial score (nSPS) is 17.6. The van der Waals surface area contributed by atoms with Crippen LogP contribution in [0.3, 0.4) is 0 Å². The van der Waals surface area contributed by atoms with Crippen LogP contribution in [0.1, 0.15) is 31.5 Å². The zero-order valence-electron chi connectivity index (χ0n) is 10.6. The van der Waals surface area contributed by atoms with E-state index in [1.165, 1.54) is 25.7 Å². The molecule has 5 nitrogen and oxygen atoms in total. The van der Waals surface area contributed by atoms with Gasteiger partial charge in [0.1, 0.15) is 5.82 Å². The predicted octanol–water partition coefficient (Wildman–Crippen LogP) is 1.11. The first-order chi connectivity index (χ1) is 8.16. The zero-order chi connectivity index (χ0) is 12.3. The lowest BCUT2D eigenvalue weighted by Gasteiger charge is -2.18. The van der Waals surface area contributed by atoms with Gasteiger partial charge in [-0.1, -0.05) is 12.8 Å². The average molecular weight is 235 g/mol. The van der Waals surface area contributed by atoms with Crippen LogP contribution in [0.15, 0.2) is 17.4 Å². The van der Waals surface area contributed by atoms with Crippen molar-refractivity contribution in [1.82, 2.24) is 14.5 Å². The van der Waals surface area contributed by atoms with Crippen LogP contribution in [-0.2, 0) is 13.6 Å². The number of hydrogen-bond donors (Lipinski definition) is 1. The van der Waals surface area contributed by atoms with E-state index in [2.05, 4.69) is 9.98 Å². The molecule has 0 atom stereocenters. The first kappa shape index (κ1) is 12.0. The van der Waals surface area contributed by atoms with Crippen LogP contribution in [0.2, 0.25) is 0 Å². The Kier molecular flexibility index (Phi) is 3.66. The Morgan fingerprint density at radius 3 is 2.88 bits per heavy atom. The van der Waals surface area contributed by atoms with E-state index >= 15 is 0 Å². The molecule has 0 aliphatic heterocycles. The molecule has 2 rings (SSSR count). The van der Waals surface area contributed by atoms with Gasteiger partial charge in [-0.25, -0.2) is 9.98 Å². The lowest BCUT2D eigenvalue weighted by molar-refractivity contribution is 0.462. The number of rotatable bonds is 3. The summed E-state index contributed by atoms with van der Waals surface area (Å²) in [5, 5.41) is 0. The summed E-state index contributed by atoms with van der Waals surface area (Å²) in [6.07, 6.45) is 8.66. The zero-order valence-corrected chi connectivity index (χ0v) is 10.6. The highest BCUT2D eigenvalue weighted by Gasteiger charge is 2.15. The van der Waals surface area contributed by atoms with E-state index < -0.39 is 0 Å². The molecule has 0 bridgehead atoms. The van der Waals surface area contributed by atoms with Gasteiger partial charge >= 0.3 is 0 Å². The van der Waals surface area contributed by atoms with Crippen molar-refractivity contribution in [2.45, 2.75) is 38.3 Å². The Balaban J connectivity index is 1.95. The summed E-state index contributed by atoms with van der Waals surface area (Å²) in [6, 6.07) is 0.429. The van der Waals surface area contributed by atoms with Gasteiger partial charge in [0.15, 0.2) is 5.96 Å². The molecule has 1 aromatic rings. The van der Waals surface area contributed by atoms with Crippen molar-refractivity contribution in [3.63, 3.8) is 0 Å². The molecule has 1 aliphatic carbocycles. The van der Waals surface area contributed by atoms with Gasteiger partial charge in [0, 0.05) is 26.5 Å². The number of nitrogens with two attached hydrogens (primary N) is 1. The fourth-order valence-electron chi connectivity index (χ4n) is 2.16. The molecule has 1 saturated carbocycles. The van der Waals surface area contributed by atoms with Crippen LogP contribution in [0.25, 0.3) is 0 Å². The van der Waals surface area contributed by atoms with E-state index in [1.54, 1.807) is 6.20 Å². The largest absolute Gasteiger partial charge is 0.370 e. The van der Waals surface area contributed by atoms with E-state index in [4.69, 9.17) is 5.73 Å². The minimum absolute atomic E-state index is 0.429. The van der Waals surface area contributed by atoms with Crippen LogP contribution in [0, 0.1) is 0 Å². The van der Waals surface area contributed by atoms with Crippen molar-refractivity contribution < 1.29 is 0 Å². The molecule has 0 saturated heterocycles. The highest BCUT2D eigenvalue weighted by Crippen LogP contribution is 2.20. The van der Waals surface area contributed by atoms with E-state index in [0.717, 1.165) is 5.82 Å². The molecule has 0 radical (unpaired) electrons. The van der Waals surface area contributed by atoms with Gasteiger partial charge < -0.3 is 15.2 Å². The van der Waals surface area contributed by atoms with Crippen molar-refractivity contribution in [2.75, 3.05) is 7.05 Å². The second-order valence-corrected chi connectivity index (χ2v) is 4.74. The first-order valence-electron chi connectivity index (χ1n) is 6.17. The van der Waals surface area contributed by atoms with Crippen LogP contribution < -0.4 is 5.73 Å². The fourth-order valence-corrected chi connectivity index (χ4v) is 2.16. The van der Waals surface area contributed by atoms with Crippen molar-refractivity contribution in [3.8, 4) is 0 Å². The smallest absolute Gasteiger partial charge is 0.191 e. The molecule has 1 aliphatic rings. The third kappa shape index (κ3) is 2.99.